The lowest BCUT2D eigenvalue weighted by atomic mass is 10.1. The summed E-state index contributed by atoms with van der Waals surface area (Å²) < 4.78 is 15.6. The summed E-state index contributed by atoms with van der Waals surface area (Å²) in [4.78, 5) is 34.1. The Morgan fingerprint density at radius 3 is 2.64 bits per heavy atom. The van der Waals surface area contributed by atoms with Crippen molar-refractivity contribution in [2.24, 2.45) is 0 Å². The zero-order chi connectivity index (χ0) is 15.9. The number of fused-ring (bicyclic) bond motifs is 1. The minimum Gasteiger partial charge on any atom is -0.486 e. The van der Waals surface area contributed by atoms with E-state index in [1.54, 1.807) is 18.2 Å². The van der Waals surface area contributed by atoms with E-state index in [9.17, 15) is 14.4 Å². The van der Waals surface area contributed by atoms with Crippen molar-refractivity contribution in [2.75, 3.05) is 26.4 Å². The van der Waals surface area contributed by atoms with Gasteiger partial charge in [-0.3, -0.25) is 14.4 Å². The van der Waals surface area contributed by atoms with Crippen molar-refractivity contribution < 1.29 is 28.6 Å². The second-order valence-corrected chi connectivity index (χ2v) is 4.68. The first-order chi connectivity index (χ1) is 10.6. The van der Waals surface area contributed by atoms with Gasteiger partial charge in [0, 0.05) is 19.0 Å². The maximum Gasteiger partial charge on any atom is 0.308 e. The van der Waals surface area contributed by atoms with Crippen LogP contribution >= 0.6 is 0 Å². The maximum atomic E-state index is 12.0. The van der Waals surface area contributed by atoms with E-state index in [4.69, 9.17) is 14.2 Å². The zero-order valence-corrected chi connectivity index (χ0v) is 12.2. The number of ketones is 1. The van der Waals surface area contributed by atoms with Crippen molar-refractivity contribution in [3.05, 3.63) is 23.8 Å². The zero-order valence-electron chi connectivity index (χ0n) is 12.2. The molecule has 1 amide bonds. The number of esters is 1. The fourth-order valence-electron chi connectivity index (χ4n) is 1.86. The molecule has 0 bridgehead atoms. The van der Waals surface area contributed by atoms with Crippen LogP contribution in [0.3, 0.4) is 0 Å². The average molecular weight is 307 g/mol. The van der Waals surface area contributed by atoms with E-state index in [0.717, 1.165) is 0 Å². The van der Waals surface area contributed by atoms with Crippen LogP contribution in [0, 0.1) is 0 Å². The number of rotatable bonds is 6. The van der Waals surface area contributed by atoms with Crippen molar-refractivity contribution in [1.29, 1.82) is 0 Å². The van der Waals surface area contributed by atoms with Crippen molar-refractivity contribution in [3.8, 4) is 11.5 Å². The summed E-state index contributed by atoms with van der Waals surface area (Å²) in [7, 11) is 0. The molecule has 1 aromatic rings. The van der Waals surface area contributed by atoms with Crippen LogP contribution in [0.1, 0.15) is 23.7 Å². The number of amides is 1. The molecule has 1 heterocycles. The molecule has 1 aliphatic heterocycles. The Hall–Kier alpha value is -2.57. The first kappa shape index (κ1) is 15.8. The number of nitrogens with one attached hydrogen (secondary N) is 1. The lowest BCUT2D eigenvalue weighted by molar-refractivity contribution is -0.142. The predicted octanol–water partition coefficient (Wildman–Crippen LogP) is 0.710. The van der Waals surface area contributed by atoms with Crippen LogP contribution in [0.15, 0.2) is 18.2 Å². The maximum absolute atomic E-state index is 12.0. The fourth-order valence-corrected chi connectivity index (χ4v) is 1.86. The number of hydrogen-bond donors (Lipinski definition) is 1. The second kappa shape index (κ2) is 7.44. The molecule has 1 aliphatic rings. The number of benzene rings is 1. The summed E-state index contributed by atoms with van der Waals surface area (Å²) >= 11 is 0. The van der Waals surface area contributed by atoms with Gasteiger partial charge in [-0.2, -0.15) is 0 Å². The molecule has 7 heteroatoms. The quantitative estimate of drug-likeness (QED) is 0.615. The molecule has 0 aliphatic carbocycles. The van der Waals surface area contributed by atoms with Gasteiger partial charge in [-0.25, -0.2) is 0 Å². The van der Waals surface area contributed by atoms with Gasteiger partial charge in [0.05, 0.1) is 6.42 Å². The molecule has 0 aromatic heterocycles. The van der Waals surface area contributed by atoms with Gasteiger partial charge in [-0.15, -0.1) is 0 Å². The second-order valence-electron chi connectivity index (χ2n) is 4.68. The van der Waals surface area contributed by atoms with Gasteiger partial charge >= 0.3 is 5.97 Å². The SMILES string of the molecule is CC(=O)NCCC(=O)OCC(=O)c1ccc2c(c1)OCCO2. The molecule has 1 aromatic carbocycles. The summed E-state index contributed by atoms with van der Waals surface area (Å²) in [5.74, 6) is 0.00818. The van der Waals surface area contributed by atoms with Crippen molar-refractivity contribution >= 4 is 17.7 Å². The van der Waals surface area contributed by atoms with Gasteiger partial charge in [0.25, 0.3) is 0 Å². The van der Waals surface area contributed by atoms with Gasteiger partial charge in [0.15, 0.2) is 23.9 Å². The monoisotopic (exact) mass is 307 g/mol. The third kappa shape index (κ3) is 4.47. The van der Waals surface area contributed by atoms with E-state index in [-0.39, 0.29) is 31.3 Å². The van der Waals surface area contributed by atoms with Gasteiger partial charge in [0.1, 0.15) is 13.2 Å². The Bertz CT molecular complexity index is 583. The summed E-state index contributed by atoms with van der Waals surface area (Å²) in [6.07, 6.45) is 0.0218. The number of carbonyl (C=O) groups is 3. The topological polar surface area (TPSA) is 90.9 Å². The molecule has 118 valence electrons. The molecular weight excluding hydrogens is 290 g/mol. The highest BCUT2D eigenvalue weighted by atomic mass is 16.6. The molecule has 0 unspecified atom stereocenters. The van der Waals surface area contributed by atoms with Crippen molar-refractivity contribution in [3.63, 3.8) is 0 Å². The van der Waals surface area contributed by atoms with Crippen molar-refractivity contribution in [1.82, 2.24) is 5.32 Å². The largest absolute Gasteiger partial charge is 0.486 e. The van der Waals surface area contributed by atoms with Crippen LogP contribution < -0.4 is 14.8 Å². The van der Waals surface area contributed by atoms with Gasteiger partial charge in [0.2, 0.25) is 5.91 Å². The highest BCUT2D eigenvalue weighted by molar-refractivity contribution is 5.98. The van der Waals surface area contributed by atoms with E-state index >= 15 is 0 Å². The van der Waals surface area contributed by atoms with Crippen LogP contribution in [-0.2, 0) is 14.3 Å². The molecule has 7 nitrogen and oxygen atoms in total. The van der Waals surface area contributed by atoms with Crippen LogP contribution in [0.5, 0.6) is 11.5 Å². The molecule has 0 radical (unpaired) electrons. The van der Waals surface area contributed by atoms with Crippen molar-refractivity contribution in [2.45, 2.75) is 13.3 Å². The summed E-state index contributed by atoms with van der Waals surface area (Å²) in [6, 6.07) is 4.82. The Morgan fingerprint density at radius 2 is 1.91 bits per heavy atom. The first-order valence-corrected chi connectivity index (χ1v) is 6.89. The van der Waals surface area contributed by atoms with E-state index < -0.39 is 5.97 Å². The Balaban J connectivity index is 1.82. The van der Waals surface area contributed by atoms with Gasteiger partial charge in [-0.05, 0) is 18.2 Å². The molecule has 1 N–H and O–H groups in total. The summed E-state index contributed by atoms with van der Waals surface area (Å²) in [5, 5.41) is 2.47. The fraction of sp³-hybridized carbons (Fsp3) is 0.400. The predicted molar refractivity (Wildman–Crippen MR) is 76.0 cm³/mol. The molecule has 0 atom stereocenters. The standard InChI is InChI=1S/C15H17NO6/c1-10(17)16-5-4-15(19)22-9-12(18)11-2-3-13-14(8-11)21-7-6-20-13/h2-3,8H,4-7,9H2,1H3,(H,16,17). The highest BCUT2D eigenvalue weighted by Crippen LogP contribution is 2.30. The molecular formula is C15H17NO6. The molecule has 2 rings (SSSR count). The molecule has 0 fully saturated rings. The highest BCUT2D eigenvalue weighted by Gasteiger charge is 2.16. The third-order valence-corrected chi connectivity index (χ3v) is 2.93. The normalized spacial score (nSPS) is 12.4. The number of ether oxygens (including phenoxy) is 3. The minimum atomic E-state index is -0.542. The van der Waals surface area contributed by atoms with E-state index in [1.165, 1.54) is 6.92 Å². The average Bonchev–Trinajstić information content (AvgIpc) is 2.51. The Morgan fingerprint density at radius 1 is 1.18 bits per heavy atom. The molecule has 0 saturated heterocycles. The molecule has 0 spiro atoms. The van der Waals surface area contributed by atoms with E-state index in [0.29, 0.717) is 30.3 Å². The van der Waals surface area contributed by atoms with Crippen LogP contribution in [0.25, 0.3) is 0 Å². The number of carbonyl (C=O) groups excluding carboxylic acids is 3. The Kier molecular flexibility index (Phi) is 5.35. The smallest absolute Gasteiger partial charge is 0.308 e. The lowest BCUT2D eigenvalue weighted by Gasteiger charge is -2.18. The van der Waals surface area contributed by atoms with Crippen LogP contribution in [0.2, 0.25) is 0 Å². The van der Waals surface area contributed by atoms with Crippen LogP contribution in [0.4, 0.5) is 0 Å². The number of Topliss-reactive ketones (excluding diaryl/α,β-unsaturated/α-hetero) is 1. The molecule has 0 saturated carbocycles. The number of hydrogen-bond acceptors (Lipinski definition) is 6. The first-order valence-electron chi connectivity index (χ1n) is 6.89. The summed E-state index contributed by atoms with van der Waals surface area (Å²) in [5.41, 5.74) is 0.388. The Labute approximate surface area is 127 Å². The molecule has 22 heavy (non-hydrogen) atoms. The van der Waals surface area contributed by atoms with Gasteiger partial charge < -0.3 is 19.5 Å². The summed E-state index contributed by atoms with van der Waals surface area (Å²) in [6.45, 7) is 2.11. The van der Waals surface area contributed by atoms with Gasteiger partial charge in [-0.1, -0.05) is 0 Å². The lowest BCUT2D eigenvalue weighted by Crippen LogP contribution is -2.24. The minimum absolute atomic E-state index is 0.0218. The third-order valence-electron chi connectivity index (χ3n) is 2.93. The van der Waals surface area contributed by atoms with Crippen LogP contribution in [-0.4, -0.2) is 44.0 Å². The van der Waals surface area contributed by atoms with E-state index in [1.807, 2.05) is 0 Å². The van der Waals surface area contributed by atoms with E-state index in [2.05, 4.69) is 5.32 Å².